The summed E-state index contributed by atoms with van der Waals surface area (Å²) in [6.45, 7) is 4.14. The summed E-state index contributed by atoms with van der Waals surface area (Å²) in [5.74, 6) is 0.0392. The molecule has 0 unspecified atom stereocenters. The van der Waals surface area contributed by atoms with Gasteiger partial charge < -0.3 is 14.4 Å². The van der Waals surface area contributed by atoms with E-state index in [1.54, 1.807) is 20.1 Å². The highest BCUT2D eigenvalue weighted by molar-refractivity contribution is 5.96. The van der Waals surface area contributed by atoms with Crippen molar-refractivity contribution in [2.45, 2.75) is 52.0 Å². The fourth-order valence-electron chi connectivity index (χ4n) is 3.90. The Morgan fingerprint density at radius 3 is 2.61 bits per heavy atom. The van der Waals surface area contributed by atoms with Gasteiger partial charge in [-0.15, -0.1) is 0 Å². The summed E-state index contributed by atoms with van der Waals surface area (Å²) in [6.07, 6.45) is 5.60. The lowest BCUT2D eigenvalue weighted by atomic mass is 9.94. The van der Waals surface area contributed by atoms with Crippen molar-refractivity contribution < 1.29 is 19.1 Å². The lowest BCUT2D eigenvalue weighted by Gasteiger charge is -2.33. The Morgan fingerprint density at radius 1 is 1.18 bits per heavy atom. The number of rotatable bonds is 6. The molecule has 0 saturated heterocycles. The molecule has 0 radical (unpaired) electrons. The highest BCUT2D eigenvalue weighted by atomic mass is 16.5. The second-order valence-electron chi connectivity index (χ2n) is 7.23. The van der Waals surface area contributed by atoms with Gasteiger partial charge in [-0.2, -0.15) is 0 Å². The third-order valence-electron chi connectivity index (χ3n) is 5.44. The molecule has 3 rings (SSSR count). The maximum atomic E-state index is 12.6. The molecule has 1 fully saturated rings. The Balaban J connectivity index is 1.69. The molecule has 1 heterocycles. The lowest BCUT2D eigenvalue weighted by molar-refractivity contribution is -0.137. The Hall–Kier alpha value is -2.63. The zero-order valence-corrected chi connectivity index (χ0v) is 16.9. The van der Waals surface area contributed by atoms with Crippen LogP contribution in [0, 0.1) is 6.92 Å². The monoisotopic (exact) mass is 384 g/mol. The second kappa shape index (κ2) is 9.04. The highest BCUT2D eigenvalue weighted by Crippen LogP contribution is 2.24. The largest absolute Gasteiger partial charge is 0.497 e. The Kier molecular flexibility index (Phi) is 6.49. The minimum Gasteiger partial charge on any atom is -0.497 e. The van der Waals surface area contributed by atoms with Gasteiger partial charge in [0.15, 0.2) is 6.61 Å². The first-order valence-corrected chi connectivity index (χ1v) is 9.95. The van der Waals surface area contributed by atoms with Crippen LogP contribution in [0.25, 0.3) is 10.9 Å². The van der Waals surface area contributed by atoms with E-state index in [1.165, 1.54) is 6.42 Å². The van der Waals surface area contributed by atoms with Crippen LogP contribution in [0.15, 0.2) is 24.3 Å². The van der Waals surface area contributed by atoms with Gasteiger partial charge in [0.1, 0.15) is 5.75 Å². The minimum absolute atomic E-state index is 0.129. The number of pyridine rings is 1. The van der Waals surface area contributed by atoms with Crippen LogP contribution in [-0.4, -0.2) is 48.1 Å². The molecule has 1 amide bonds. The fourth-order valence-corrected chi connectivity index (χ4v) is 3.90. The number of fused-ring (bicyclic) bond motifs is 1. The molecule has 0 N–H and O–H groups in total. The number of hydrogen-bond acceptors (Lipinski definition) is 5. The van der Waals surface area contributed by atoms with Crippen LogP contribution >= 0.6 is 0 Å². The molecule has 0 aliphatic heterocycles. The zero-order chi connectivity index (χ0) is 20.1. The first kappa shape index (κ1) is 20.1. The van der Waals surface area contributed by atoms with Crippen LogP contribution in [0.1, 0.15) is 55.1 Å². The van der Waals surface area contributed by atoms with Gasteiger partial charge in [0, 0.05) is 18.0 Å². The van der Waals surface area contributed by atoms with Crippen molar-refractivity contribution in [2.24, 2.45) is 0 Å². The summed E-state index contributed by atoms with van der Waals surface area (Å²) in [5, 5.41) is 0.792. The molecule has 2 aromatic rings. The van der Waals surface area contributed by atoms with Gasteiger partial charge in [-0.3, -0.25) is 9.78 Å². The molecule has 0 atom stereocenters. The molecule has 150 valence electrons. The summed E-state index contributed by atoms with van der Waals surface area (Å²) in [5.41, 5.74) is 1.73. The predicted octanol–water partition coefficient (Wildman–Crippen LogP) is 3.89. The maximum absolute atomic E-state index is 12.6. The van der Waals surface area contributed by atoms with Crippen LogP contribution in [0.5, 0.6) is 5.75 Å². The number of aryl methyl sites for hydroxylation is 1. The van der Waals surface area contributed by atoms with Crippen LogP contribution in [0.2, 0.25) is 0 Å². The highest BCUT2D eigenvalue weighted by Gasteiger charge is 2.25. The number of hydrogen-bond donors (Lipinski definition) is 0. The normalized spacial score (nSPS) is 14.7. The van der Waals surface area contributed by atoms with Gasteiger partial charge in [0.25, 0.3) is 5.91 Å². The van der Waals surface area contributed by atoms with Crippen molar-refractivity contribution in [1.82, 2.24) is 9.88 Å². The number of likely N-dealkylation sites (N-methyl/N-ethyl adjacent to an activating group) is 1. The number of carbonyl (C=O) groups is 2. The van der Waals surface area contributed by atoms with Crippen LogP contribution in [0.3, 0.4) is 0 Å². The van der Waals surface area contributed by atoms with E-state index >= 15 is 0 Å². The number of ether oxygens (including phenoxy) is 2. The van der Waals surface area contributed by atoms with Crippen molar-refractivity contribution >= 4 is 22.8 Å². The topological polar surface area (TPSA) is 68.7 Å². The number of aromatic nitrogens is 1. The molecule has 1 saturated carbocycles. The van der Waals surface area contributed by atoms with Crippen LogP contribution in [-0.2, 0) is 9.53 Å². The first-order chi connectivity index (χ1) is 13.5. The van der Waals surface area contributed by atoms with Gasteiger partial charge in [0.2, 0.25) is 0 Å². The van der Waals surface area contributed by atoms with E-state index in [9.17, 15) is 9.59 Å². The maximum Gasteiger partial charge on any atom is 0.340 e. The van der Waals surface area contributed by atoms with Crippen LogP contribution in [0.4, 0.5) is 0 Å². The van der Waals surface area contributed by atoms with Gasteiger partial charge in [-0.1, -0.05) is 19.3 Å². The van der Waals surface area contributed by atoms with Crippen molar-refractivity contribution in [1.29, 1.82) is 0 Å². The SMILES string of the molecule is CCN(C(=O)COC(=O)c1cc2cc(OC)ccc2nc1C)C1CCCCC1. The summed E-state index contributed by atoms with van der Waals surface area (Å²) in [4.78, 5) is 31.5. The molecule has 0 bridgehead atoms. The molecular weight excluding hydrogens is 356 g/mol. The molecule has 6 heteroatoms. The average molecular weight is 384 g/mol. The van der Waals surface area contributed by atoms with E-state index in [4.69, 9.17) is 9.47 Å². The van der Waals surface area contributed by atoms with E-state index in [0.29, 0.717) is 23.6 Å². The van der Waals surface area contributed by atoms with E-state index in [1.807, 2.05) is 30.0 Å². The second-order valence-corrected chi connectivity index (χ2v) is 7.23. The number of methoxy groups -OCH3 is 1. The van der Waals surface area contributed by atoms with E-state index in [0.717, 1.165) is 36.6 Å². The number of amides is 1. The minimum atomic E-state index is -0.525. The van der Waals surface area contributed by atoms with Crippen LogP contribution < -0.4 is 4.74 Å². The standard InChI is InChI=1S/C22H28N2O4/c1-4-24(17-8-6-5-7-9-17)21(25)14-28-22(26)19-13-16-12-18(27-3)10-11-20(16)23-15(19)2/h10-13,17H,4-9,14H2,1-3H3. The fraction of sp³-hybridized carbons (Fsp3) is 0.500. The molecule has 1 aromatic heterocycles. The third kappa shape index (κ3) is 4.43. The Labute approximate surface area is 165 Å². The van der Waals surface area contributed by atoms with Crippen molar-refractivity contribution in [3.63, 3.8) is 0 Å². The molecule has 1 aromatic carbocycles. The first-order valence-electron chi connectivity index (χ1n) is 9.95. The summed E-state index contributed by atoms with van der Waals surface area (Å²) in [6, 6.07) is 7.51. The van der Waals surface area contributed by atoms with Gasteiger partial charge in [-0.25, -0.2) is 4.79 Å². The molecule has 1 aliphatic carbocycles. The zero-order valence-electron chi connectivity index (χ0n) is 16.9. The molecule has 1 aliphatic rings. The van der Waals surface area contributed by atoms with Gasteiger partial charge in [-0.05, 0) is 51.0 Å². The van der Waals surface area contributed by atoms with E-state index < -0.39 is 5.97 Å². The molecule has 28 heavy (non-hydrogen) atoms. The average Bonchev–Trinajstić information content (AvgIpc) is 2.72. The smallest absolute Gasteiger partial charge is 0.340 e. The number of nitrogens with zero attached hydrogens (tertiary/aromatic N) is 2. The van der Waals surface area contributed by atoms with Gasteiger partial charge >= 0.3 is 5.97 Å². The Bertz CT molecular complexity index is 859. The predicted molar refractivity (Wildman–Crippen MR) is 108 cm³/mol. The van der Waals surface area contributed by atoms with Crippen molar-refractivity contribution in [3.05, 3.63) is 35.5 Å². The van der Waals surface area contributed by atoms with E-state index in [2.05, 4.69) is 4.98 Å². The quantitative estimate of drug-likeness (QED) is 0.707. The number of carbonyl (C=O) groups excluding carboxylic acids is 2. The van der Waals surface area contributed by atoms with Crippen molar-refractivity contribution in [2.75, 3.05) is 20.3 Å². The molecule has 6 nitrogen and oxygen atoms in total. The number of esters is 1. The summed E-state index contributed by atoms with van der Waals surface area (Å²) >= 11 is 0. The Morgan fingerprint density at radius 2 is 1.93 bits per heavy atom. The van der Waals surface area contributed by atoms with E-state index in [-0.39, 0.29) is 18.6 Å². The summed E-state index contributed by atoms with van der Waals surface area (Å²) < 4.78 is 10.6. The molecule has 0 spiro atoms. The molecular formula is C22H28N2O4. The van der Waals surface area contributed by atoms with Crippen molar-refractivity contribution in [3.8, 4) is 5.75 Å². The van der Waals surface area contributed by atoms with Gasteiger partial charge in [0.05, 0.1) is 23.9 Å². The lowest BCUT2D eigenvalue weighted by Crippen LogP contribution is -2.43. The summed E-state index contributed by atoms with van der Waals surface area (Å²) in [7, 11) is 1.59. The third-order valence-corrected chi connectivity index (χ3v) is 5.44. The number of benzene rings is 1.